The standard InChI is InChI=1S/C6H14SSi/c1-6(2)3-4-7-5-8-6/h3-5,8H2,1-2H3. The SMILES string of the molecule is CC1(C)CCSC[SiH2]1. The van der Waals surface area contributed by atoms with Crippen LogP contribution in [0.25, 0.3) is 0 Å². The highest BCUT2D eigenvalue weighted by Crippen LogP contribution is 2.33. The molecule has 1 heterocycles. The maximum atomic E-state index is 2.43. The van der Waals surface area contributed by atoms with E-state index in [0.717, 1.165) is 5.04 Å². The van der Waals surface area contributed by atoms with Crippen LogP contribution in [0.1, 0.15) is 20.3 Å². The average Bonchev–Trinajstić information content (AvgIpc) is 1.65. The molecule has 0 aromatic rings. The van der Waals surface area contributed by atoms with Crippen molar-refractivity contribution in [3.8, 4) is 0 Å². The first-order valence-corrected chi connectivity index (χ1v) is 6.15. The monoisotopic (exact) mass is 146 g/mol. The van der Waals surface area contributed by atoms with Crippen molar-refractivity contribution in [2.45, 2.75) is 25.3 Å². The Kier molecular flexibility index (Phi) is 2.04. The summed E-state index contributed by atoms with van der Waals surface area (Å²) >= 11 is 2.16. The van der Waals surface area contributed by atoms with E-state index in [0.29, 0.717) is 9.52 Å². The largest absolute Gasteiger partial charge is 0.166 e. The van der Waals surface area contributed by atoms with Crippen molar-refractivity contribution in [3.05, 3.63) is 0 Å². The molecule has 0 saturated carbocycles. The van der Waals surface area contributed by atoms with E-state index < -0.39 is 0 Å². The molecular formula is C6H14SSi. The Morgan fingerprint density at radius 2 is 2.25 bits per heavy atom. The molecular weight excluding hydrogens is 132 g/mol. The molecule has 8 heavy (non-hydrogen) atoms. The van der Waals surface area contributed by atoms with Gasteiger partial charge in [0.25, 0.3) is 0 Å². The molecule has 48 valence electrons. The smallest absolute Gasteiger partial charge is 0.0380 e. The van der Waals surface area contributed by atoms with Gasteiger partial charge >= 0.3 is 0 Å². The van der Waals surface area contributed by atoms with Crippen LogP contribution in [0.2, 0.25) is 5.04 Å². The fourth-order valence-electron chi connectivity index (χ4n) is 0.924. The van der Waals surface area contributed by atoms with Crippen LogP contribution in [-0.4, -0.2) is 20.6 Å². The first-order valence-electron chi connectivity index (χ1n) is 3.28. The van der Waals surface area contributed by atoms with Gasteiger partial charge in [-0.1, -0.05) is 13.8 Å². The zero-order chi connectivity index (χ0) is 6.04. The molecule has 0 aromatic heterocycles. The third-order valence-electron chi connectivity index (χ3n) is 1.85. The topological polar surface area (TPSA) is 0 Å². The van der Waals surface area contributed by atoms with Gasteiger partial charge in [-0.25, -0.2) is 0 Å². The lowest BCUT2D eigenvalue weighted by molar-refractivity contribution is 0.646. The van der Waals surface area contributed by atoms with Crippen molar-refractivity contribution < 1.29 is 0 Å². The lowest BCUT2D eigenvalue weighted by atomic mass is 10.1. The van der Waals surface area contributed by atoms with E-state index in [1.807, 2.05) is 0 Å². The van der Waals surface area contributed by atoms with Gasteiger partial charge < -0.3 is 0 Å². The van der Waals surface area contributed by atoms with Crippen molar-refractivity contribution in [1.29, 1.82) is 0 Å². The minimum absolute atomic E-state index is 0.299. The number of rotatable bonds is 0. The second kappa shape index (κ2) is 2.44. The van der Waals surface area contributed by atoms with Crippen LogP contribution in [0.15, 0.2) is 0 Å². The summed E-state index contributed by atoms with van der Waals surface area (Å²) in [5.74, 6) is 1.42. The van der Waals surface area contributed by atoms with Gasteiger partial charge in [-0.05, 0) is 22.6 Å². The number of hydrogen-bond acceptors (Lipinski definition) is 1. The predicted molar refractivity (Wildman–Crippen MR) is 44.5 cm³/mol. The van der Waals surface area contributed by atoms with Gasteiger partial charge in [-0.2, -0.15) is 11.8 Å². The molecule has 0 nitrogen and oxygen atoms in total. The van der Waals surface area contributed by atoms with Crippen LogP contribution in [0.5, 0.6) is 0 Å². The fraction of sp³-hybridized carbons (Fsp3) is 1.00. The van der Waals surface area contributed by atoms with Crippen LogP contribution < -0.4 is 0 Å². The predicted octanol–water partition coefficient (Wildman–Crippen LogP) is 1.45. The van der Waals surface area contributed by atoms with E-state index in [2.05, 4.69) is 25.6 Å². The Bertz CT molecular complexity index is 72.6. The molecule has 0 atom stereocenters. The van der Waals surface area contributed by atoms with Gasteiger partial charge in [0.1, 0.15) is 0 Å². The molecule has 0 amide bonds. The lowest BCUT2D eigenvalue weighted by Crippen LogP contribution is -2.20. The second-order valence-electron chi connectivity index (χ2n) is 3.28. The van der Waals surface area contributed by atoms with Crippen LogP contribution in [0, 0.1) is 0 Å². The maximum Gasteiger partial charge on any atom is 0.0380 e. The Morgan fingerprint density at radius 1 is 1.50 bits per heavy atom. The molecule has 0 radical (unpaired) electrons. The number of hydrogen-bond donors (Lipinski definition) is 0. The first kappa shape index (κ1) is 6.68. The zero-order valence-electron chi connectivity index (χ0n) is 5.74. The van der Waals surface area contributed by atoms with E-state index >= 15 is 0 Å². The van der Waals surface area contributed by atoms with Crippen LogP contribution in [0.4, 0.5) is 0 Å². The quantitative estimate of drug-likeness (QED) is 0.466. The molecule has 0 aliphatic carbocycles. The summed E-state index contributed by atoms with van der Waals surface area (Å²) in [6.07, 6.45) is 1.48. The summed E-state index contributed by atoms with van der Waals surface area (Å²) in [6, 6.07) is 0. The third kappa shape index (κ3) is 1.82. The molecule has 0 N–H and O–H groups in total. The molecule has 1 aliphatic heterocycles. The minimum Gasteiger partial charge on any atom is -0.166 e. The summed E-state index contributed by atoms with van der Waals surface area (Å²) < 4.78 is 0. The Hall–Kier alpha value is 0.567. The summed E-state index contributed by atoms with van der Waals surface area (Å²) in [5.41, 5.74) is 0. The summed E-state index contributed by atoms with van der Waals surface area (Å²) in [4.78, 5) is 0. The van der Waals surface area contributed by atoms with Crippen LogP contribution in [0.3, 0.4) is 0 Å². The van der Waals surface area contributed by atoms with Crippen molar-refractivity contribution in [2.24, 2.45) is 0 Å². The Balaban J connectivity index is 2.33. The van der Waals surface area contributed by atoms with Gasteiger partial charge in [0, 0.05) is 9.52 Å². The molecule has 2 heteroatoms. The molecule has 0 spiro atoms. The van der Waals surface area contributed by atoms with E-state index in [1.54, 1.807) is 0 Å². The molecule has 1 saturated heterocycles. The van der Waals surface area contributed by atoms with Crippen molar-refractivity contribution in [2.75, 3.05) is 11.1 Å². The van der Waals surface area contributed by atoms with Gasteiger partial charge in [0.2, 0.25) is 0 Å². The molecule has 0 aromatic carbocycles. The molecule has 0 unspecified atom stereocenters. The lowest BCUT2D eigenvalue weighted by Gasteiger charge is -2.27. The summed E-state index contributed by atoms with van der Waals surface area (Å²) in [5, 5.41) is 2.32. The van der Waals surface area contributed by atoms with E-state index in [9.17, 15) is 0 Å². The highest BCUT2D eigenvalue weighted by molar-refractivity contribution is 8.00. The first-order chi connectivity index (χ1) is 3.71. The van der Waals surface area contributed by atoms with E-state index in [4.69, 9.17) is 0 Å². The highest BCUT2D eigenvalue weighted by atomic mass is 32.2. The summed E-state index contributed by atoms with van der Waals surface area (Å²) in [6.45, 7) is 4.86. The fourth-order valence-corrected chi connectivity index (χ4v) is 5.91. The number of thioether (sulfide) groups is 1. The molecule has 1 fully saturated rings. The van der Waals surface area contributed by atoms with Gasteiger partial charge in [-0.15, -0.1) is 0 Å². The van der Waals surface area contributed by atoms with Crippen molar-refractivity contribution in [3.63, 3.8) is 0 Å². The molecule has 1 rings (SSSR count). The van der Waals surface area contributed by atoms with Gasteiger partial charge in [0.05, 0.1) is 0 Å². The maximum absolute atomic E-state index is 2.43. The van der Waals surface area contributed by atoms with Crippen LogP contribution >= 0.6 is 11.8 Å². The Morgan fingerprint density at radius 3 is 2.50 bits per heavy atom. The third-order valence-corrected chi connectivity index (χ3v) is 6.02. The summed E-state index contributed by atoms with van der Waals surface area (Å²) in [7, 11) is 0.299. The normalized spacial score (nSPS) is 30.8. The van der Waals surface area contributed by atoms with Gasteiger partial charge in [0.15, 0.2) is 0 Å². The highest BCUT2D eigenvalue weighted by Gasteiger charge is 2.20. The zero-order valence-corrected chi connectivity index (χ0v) is 7.97. The molecule has 1 aliphatic rings. The second-order valence-corrected chi connectivity index (χ2v) is 8.14. The van der Waals surface area contributed by atoms with Crippen molar-refractivity contribution in [1.82, 2.24) is 0 Å². The van der Waals surface area contributed by atoms with E-state index in [1.165, 1.54) is 17.5 Å². The van der Waals surface area contributed by atoms with Gasteiger partial charge in [-0.3, -0.25) is 0 Å². The molecule has 0 bridgehead atoms. The Labute approximate surface area is 58.3 Å². The van der Waals surface area contributed by atoms with Crippen molar-refractivity contribution >= 4 is 21.3 Å². The minimum atomic E-state index is 0.299. The average molecular weight is 146 g/mol. The van der Waals surface area contributed by atoms with E-state index in [-0.39, 0.29) is 0 Å². The van der Waals surface area contributed by atoms with Crippen LogP contribution in [-0.2, 0) is 0 Å².